The molecule has 2 aromatic rings. The average molecular weight is 327 g/mol. The summed E-state index contributed by atoms with van der Waals surface area (Å²) in [4.78, 5) is 32.5. The highest BCUT2D eigenvalue weighted by Gasteiger charge is 2.11. The summed E-state index contributed by atoms with van der Waals surface area (Å²) in [5, 5.41) is 0. The van der Waals surface area contributed by atoms with Crippen LogP contribution in [0.5, 0.6) is 0 Å². The van der Waals surface area contributed by atoms with E-state index in [9.17, 15) is 9.59 Å². The number of H-pyrrole nitrogens is 1. The van der Waals surface area contributed by atoms with E-state index in [0.29, 0.717) is 18.6 Å². The molecule has 0 aromatic carbocycles. The predicted molar refractivity (Wildman–Crippen MR) is 96.7 cm³/mol. The maximum absolute atomic E-state index is 11.6. The second kappa shape index (κ2) is 9.65. The van der Waals surface area contributed by atoms with E-state index in [1.165, 1.54) is 6.07 Å². The molecule has 0 aliphatic heterocycles. The number of pyridine rings is 2. The van der Waals surface area contributed by atoms with Crippen molar-refractivity contribution in [3.8, 4) is 0 Å². The van der Waals surface area contributed by atoms with Gasteiger partial charge in [-0.15, -0.1) is 0 Å². The number of hydrogen-bond donors (Lipinski definition) is 1. The number of carbonyl (C=O) groups is 1. The van der Waals surface area contributed by atoms with Gasteiger partial charge in [0.25, 0.3) is 0 Å². The minimum absolute atomic E-state index is 0.0252. The maximum Gasteiger partial charge on any atom is 0.183 e. The van der Waals surface area contributed by atoms with Crippen LogP contribution in [0.4, 0.5) is 11.6 Å². The molecule has 0 saturated carbocycles. The second-order valence-corrected chi connectivity index (χ2v) is 5.81. The number of aromatic nitrogens is 2. The van der Waals surface area contributed by atoms with Gasteiger partial charge in [0.15, 0.2) is 5.43 Å². The van der Waals surface area contributed by atoms with Crippen LogP contribution in [0.25, 0.3) is 0 Å². The van der Waals surface area contributed by atoms with Crippen molar-refractivity contribution in [3.63, 3.8) is 0 Å². The van der Waals surface area contributed by atoms with Crippen LogP contribution >= 0.6 is 0 Å². The monoisotopic (exact) mass is 327 g/mol. The van der Waals surface area contributed by atoms with Crippen molar-refractivity contribution < 1.29 is 4.79 Å². The molecule has 0 atom stereocenters. The molecule has 0 radical (unpaired) electrons. The van der Waals surface area contributed by atoms with Gasteiger partial charge in [-0.3, -0.25) is 9.59 Å². The van der Waals surface area contributed by atoms with E-state index in [0.717, 1.165) is 43.9 Å². The van der Waals surface area contributed by atoms with Crippen LogP contribution in [-0.4, -0.2) is 22.3 Å². The Morgan fingerprint density at radius 3 is 2.71 bits per heavy atom. The van der Waals surface area contributed by atoms with Crippen molar-refractivity contribution in [2.75, 3.05) is 11.4 Å². The first kappa shape index (κ1) is 17.9. The van der Waals surface area contributed by atoms with E-state index in [2.05, 4.69) is 9.97 Å². The lowest BCUT2D eigenvalue weighted by atomic mass is 10.1. The Balaban J connectivity index is 1.93. The van der Waals surface area contributed by atoms with Crippen LogP contribution < -0.4 is 10.3 Å². The second-order valence-electron chi connectivity index (χ2n) is 5.81. The normalized spacial score (nSPS) is 10.5. The molecule has 5 heteroatoms. The maximum atomic E-state index is 11.6. The molecule has 24 heavy (non-hydrogen) atoms. The summed E-state index contributed by atoms with van der Waals surface area (Å²) in [5.41, 5.74) is -0.0252. The van der Waals surface area contributed by atoms with Crippen molar-refractivity contribution in [1.29, 1.82) is 0 Å². The SMILES string of the molecule is CCC(=O)CCCCCCN(c1ccccn1)c1cc(=O)cc[nH]1. The van der Waals surface area contributed by atoms with Gasteiger partial charge in [-0.05, 0) is 25.0 Å². The number of Topliss-reactive ketones (excluding diaryl/α,β-unsaturated/α-hetero) is 1. The lowest BCUT2D eigenvalue weighted by molar-refractivity contribution is -0.118. The van der Waals surface area contributed by atoms with Crippen molar-refractivity contribution in [2.45, 2.75) is 45.4 Å². The van der Waals surface area contributed by atoms with E-state index < -0.39 is 0 Å². The molecule has 5 nitrogen and oxygen atoms in total. The number of aromatic amines is 1. The van der Waals surface area contributed by atoms with Gasteiger partial charge >= 0.3 is 0 Å². The summed E-state index contributed by atoms with van der Waals surface area (Å²) < 4.78 is 0. The highest BCUT2D eigenvalue weighted by atomic mass is 16.1. The Morgan fingerprint density at radius 1 is 1.17 bits per heavy atom. The Morgan fingerprint density at radius 2 is 2.00 bits per heavy atom. The zero-order valence-electron chi connectivity index (χ0n) is 14.2. The van der Waals surface area contributed by atoms with E-state index in [-0.39, 0.29) is 5.43 Å². The largest absolute Gasteiger partial charge is 0.348 e. The minimum Gasteiger partial charge on any atom is -0.348 e. The van der Waals surface area contributed by atoms with Crippen LogP contribution in [0, 0.1) is 0 Å². The molecule has 128 valence electrons. The fourth-order valence-corrected chi connectivity index (χ4v) is 2.58. The van der Waals surface area contributed by atoms with Gasteiger partial charge < -0.3 is 9.88 Å². The number of anilines is 2. The van der Waals surface area contributed by atoms with Crippen LogP contribution in [0.1, 0.15) is 45.4 Å². The number of rotatable bonds is 10. The first-order valence-corrected chi connectivity index (χ1v) is 8.59. The van der Waals surface area contributed by atoms with Gasteiger partial charge in [0.05, 0.1) is 0 Å². The Bertz CT molecular complexity index is 682. The zero-order chi connectivity index (χ0) is 17.2. The fourth-order valence-electron chi connectivity index (χ4n) is 2.58. The molecule has 0 bridgehead atoms. The lowest BCUT2D eigenvalue weighted by Crippen LogP contribution is -2.22. The summed E-state index contributed by atoms with van der Waals surface area (Å²) >= 11 is 0. The van der Waals surface area contributed by atoms with Crippen molar-refractivity contribution in [1.82, 2.24) is 9.97 Å². The molecule has 0 amide bonds. The standard InChI is InChI=1S/C19H25N3O2/c1-2-16(23)9-5-3-4-8-14-22(18-10-6-7-12-20-18)19-15-17(24)11-13-21-19/h6-7,10-13,15H,2-5,8-9,14H2,1H3,(H,21,24). The smallest absolute Gasteiger partial charge is 0.183 e. The van der Waals surface area contributed by atoms with Crippen molar-refractivity contribution >= 4 is 17.4 Å². The van der Waals surface area contributed by atoms with Gasteiger partial charge in [-0.25, -0.2) is 4.98 Å². The van der Waals surface area contributed by atoms with Crippen LogP contribution in [0.2, 0.25) is 0 Å². The fraction of sp³-hybridized carbons (Fsp3) is 0.421. The summed E-state index contributed by atoms with van der Waals surface area (Å²) in [6, 6.07) is 8.84. The summed E-state index contributed by atoms with van der Waals surface area (Å²) in [5.74, 6) is 1.91. The number of carbonyl (C=O) groups excluding carboxylic acids is 1. The highest BCUT2D eigenvalue weighted by molar-refractivity contribution is 5.77. The molecule has 0 unspecified atom stereocenters. The van der Waals surface area contributed by atoms with E-state index in [1.807, 2.05) is 30.0 Å². The summed E-state index contributed by atoms with van der Waals surface area (Å²) in [6.45, 7) is 2.69. The topological polar surface area (TPSA) is 66.1 Å². The van der Waals surface area contributed by atoms with Gasteiger partial charge in [-0.1, -0.05) is 25.8 Å². The molecule has 1 N–H and O–H groups in total. The molecular weight excluding hydrogens is 302 g/mol. The number of ketones is 1. The average Bonchev–Trinajstić information content (AvgIpc) is 2.61. The molecule has 2 aromatic heterocycles. The molecule has 0 aliphatic carbocycles. The van der Waals surface area contributed by atoms with E-state index in [1.54, 1.807) is 18.5 Å². The minimum atomic E-state index is -0.0252. The van der Waals surface area contributed by atoms with Crippen LogP contribution in [-0.2, 0) is 4.79 Å². The highest BCUT2D eigenvalue weighted by Crippen LogP contribution is 2.20. The molecule has 2 rings (SSSR count). The molecule has 0 saturated heterocycles. The van der Waals surface area contributed by atoms with E-state index >= 15 is 0 Å². The van der Waals surface area contributed by atoms with Crippen molar-refractivity contribution in [2.24, 2.45) is 0 Å². The number of nitrogens with zero attached hydrogens (tertiary/aromatic N) is 2. The first-order valence-electron chi connectivity index (χ1n) is 8.59. The van der Waals surface area contributed by atoms with Crippen LogP contribution in [0.3, 0.4) is 0 Å². The predicted octanol–water partition coefficient (Wildman–Crippen LogP) is 3.84. The third kappa shape index (κ3) is 5.65. The molecule has 0 fully saturated rings. The Hall–Kier alpha value is -2.43. The number of unbranched alkanes of at least 4 members (excludes halogenated alkanes) is 3. The summed E-state index contributed by atoms with van der Waals surface area (Å²) in [6.07, 6.45) is 8.77. The molecule has 2 heterocycles. The van der Waals surface area contributed by atoms with Gasteiger partial charge in [-0.2, -0.15) is 0 Å². The zero-order valence-corrected chi connectivity index (χ0v) is 14.2. The third-order valence-electron chi connectivity index (χ3n) is 3.96. The Labute approximate surface area is 142 Å². The van der Waals surface area contributed by atoms with E-state index in [4.69, 9.17) is 0 Å². The number of nitrogens with one attached hydrogen (secondary N) is 1. The van der Waals surface area contributed by atoms with Gasteiger partial charge in [0.2, 0.25) is 0 Å². The number of hydrogen-bond acceptors (Lipinski definition) is 4. The van der Waals surface area contributed by atoms with Crippen molar-refractivity contribution in [3.05, 3.63) is 52.9 Å². The first-order chi connectivity index (χ1) is 11.7. The molecular formula is C19H25N3O2. The quantitative estimate of drug-likeness (QED) is 0.673. The Kier molecular flexibility index (Phi) is 7.21. The lowest BCUT2D eigenvalue weighted by Gasteiger charge is -2.23. The summed E-state index contributed by atoms with van der Waals surface area (Å²) in [7, 11) is 0. The third-order valence-corrected chi connectivity index (χ3v) is 3.96. The van der Waals surface area contributed by atoms with Gasteiger partial charge in [0, 0.05) is 43.9 Å². The molecule has 0 aliphatic rings. The van der Waals surface area contributed by atoms with Crippen LogP contribution in [0.15, 0.2) is 47.5 Å². The van der Waals surface area contributed by atoms with Gasteiger partial charge in [0.1, 0.15) is 17.4 Å². The molecule has 0 spiro atoms.